The topological polar surface area (TPSA) is 44.8 Å². The van der Waals surface area contributed by atoms with E-state index in [0.717, 1.165) is 39.1 Å². The minimum atomic E-state index is 0.258. The Morgan fingerprint density at radius 2 is 2.00 bits per heavy atom. The molecular formula is C15H31N3O2. The van der Waals surface area contributed by atoms with E-state index in [0.29, 0.717) is 25.6 Å². The van der Waals surface area contributed by atoms with Gasteiger partial charge >= 0.3 is 0 Å². The molecule has 0 aromatic rings. The lowest BCUT2D eigenvalue weighted by atomic mass is 10.1. The Balaban J connectivity index is 2.41. The molecule has 1 fully saturated rings. The number of rotatable bonds is 10. The maximum atomic E-state index is 12.4. The van der Waals surface area contributed by atoms with Crippen LogP contribution in [-0.2, 0) is 9.53 Å². The molecule has 1 heterocycles. The second-order valence-electron chi connectivity index (χ2n) is 5.40. The van der Waals surface area contributed by atoms with Crippen molar-refractivity contribution in [2.24, 2.45) is 0 Å². The Bertz CT molecular complexity index is 264. The predicted molar refractivity (Wildman–Crippen MR) is 81.9 cm³/mol. The first-order valence-electron chi connectivity index (χ1n) is 7.93. The normalized spacial score (nSPS) is 18.7. The molecule has 20 heavy (non-hydrogen) atoms. The van der Waals surface area contributed by atoms with Crippen LogP contribution in [0.25, 0.3) is 0 Å². The highest BCUT2D eigenvalue weighted by Crippen LogP contribution is 2.10. The molecule has 1 unspecified atom stereocenters. The third-order valence-corrected chi connectivity index (χ3v) is 4.08. The first kappa shape index (κ1) is 17.4. The summed E-state index contributed by atoms with van der Waals surface area (Å²) in [6.07, 6.45) is 2.94. The van der Waals surface area contributed by atoms with Crippen molar-refractivity contribution in [1.29, 1.82) is 0 Å². The number of hydrogen-bond acceptors (Lipinski definition) is 4. The molecule has 1 aliphatic rings. The van der Waals surface area contributed by atoms with E-state index in [9.17, 15) is 4.79 Å². The molecule has 0 saturated carbocycles. The van der Waals surface area contributed by atoms with Gasteiger partial charge < -0.3 is 19.9 Å². The van der Waals surface area contributed by atoms with Crippen LogP contribution in [0.15, 0.2) is 0 Å². The zero-order chi connectivity index (χ0) is 14.8. The number of methoxy groups -OCH3 is 1. The largest absolute Gasteiger partial charge is 0.383 e. The van der Waals surface area contributed by atoms with Crippen molar-refractivity contribution in [3.8, 4) is 0 Å². The van der Waals surface area contributed by atoms with E-state index < -0.39 is 0 Å². The molecule has 1 aliphatic heterocycles. The second kappa shape index (κ2) is 10.1. The number of likely N-dealkylation sites (N-methyl/N-ethyl adjacent to an activating group) is 1. The van der Waals surface area contributed by atoms with Gasteiger partial charge in [0.2, 0.25) is 5.91 Å². The highest BCUT2D eigenvalue weighted by Gasteiger charge is 2.21. The first-order chi connectivity index (χ1) is 9.71. The van der Waals surface area contributed by atoms with Crippen molar-refractivity contribution < 1.29 is 9.53 Å². The number of hydrogen-bond donors (Lipinski definition) is 1. The van der Waals surface area contributed by atoms with Crippen LogP contribution >= 0.6 is 0 Å². The Morgan fingerprint density at radius 3 is 2.55 bits per heavy atom. The fourth-order valence-electron chi connectivity index (χ4n) is 2.64. The summed E-state index contributed by atoms with van der Waals surface area (Å²) in [5, 5.41) is 3.40. The van der Waals surface area contributed by atoms with Crippen molar-refractivity contribution in [2.45, 2.75) is 39.2 Å². The lowest BCUT2D eigenvalue weighted by Gasteiger charge is -2.27. The monoisotopic (exact) mass is 285 g/mol. The maximum Gasteiger partial charge on any atom is 0.224 e. The van der Waals surface area contributed by atoms with E-state index >= 15 is 0 Å². The molecule has 1 amide bonds. The molecule has 5 heteroatoms. The van der Waals surface area contributed by atoms with Crippen molar-refractivity contribution in [3.63, 3.8) is 0 Å². The number of nitrogens with one attached hydrogen (secondary N) is 1. The van der Waals surface area contributed by atoms with Gasteiger partial charge in [0.05, 0.1) is 6.61 Å². The average Bonchev–Trinajstić information content (AvgIpc) is 2.95. The number of ether oxygens (including phenoxy) is 1. The van der Waals surface area contributed by atoms with Crippen molar-refractivity contribution >= 4 is 5.91 Å². The van der Waals surface area contributed by atoms with Gasteiger partial charge in [-0.05, 0) is 32.5 Å². The zero-order valence-corrected chi connectivity index (χ0v) is 13.4. The first-order valence-corrected chi connectivity index (χ1v) is 7.93. The van der Waals surface area contributed by atoms with Crippen molar-refractivity contribution in [1.82, 2.24) is 15.1 Å². The fraction of sp³-hybridized carbons (Fsp3) is 0.933. The van der Waals surface area contributed by atoms with Gasteiger partial charge in [0, 0.05) is 39.2 Å². The molecule has 0 radical (unpaired) electrons. The molecule has 5 nitrogen and oxygen atoms in total. The minimum Gasteiger partial charge on any atom is -0.383 e. The smallest absolute Gasteiger partial charge is 0.224 e. The molecule has 1 N–H and O–H groups in total. The summed E-state index contributed by atoms with van der Waals surface area (Å²) < 4.78 is 5.13. The Hall–Kier alpha value is -0.650. The van der Waals surface area contributed by atoms with E-state index in [4.69, 9.17) is 4.74 Å². The molecule has 1 saturated heterocycles. The molecule has 0 aromatic heterocycles. The van der Waals surface area contributed by atoms with Gasteiger partial charge in [0.1, 0.15) is 0 Å². The van der Waals surface area contributed by atoms with E-state index in [1.165, 1.54) is 6.42 Å². The number of carbonyl (C=O) groups is 1. The van der Waals surface area contributed by atoms with Gasteiger partial charge in [-0.25, -0.2) is 0 Å². The number of carbonyl (C=O) groups excluding carboxylic acids is 1. The zero-order valence-electron chi connectivity index (χ0n) is 13.4. The summed E-state index contributed by atoms with van der Waals surface area (Å²) in [4.78, 5) is 16.7. The number of nitrogens with zero attached hydrogens (tertiary/aromatic N) is 2. The van der Waals surface area contributed by atoms with Crippen molar-refractivity contribution in [3.05, 3.63) is 0 Å². The SMILES string of the molecule is CCN(CC)CCN(CCOC)C(=O)CC1CCCN1. The van der Waals surface area contributed by atoms with E-state index in [-0.39, 0.29) is 5.91 Å². The van der Waals surface area contributed by atoms with Gasteiger partial charge in [-0.3, -0.25) is 4.79 Å². The van der Waals surface area contributed by atoms with Crippen LogP contribution in [-0.4, -0.2) is 74.7 Å². The van der Waals surface area contributed by atoms with E-state index in [1.54, 1.807) is 7.11 Å². The molecule has 0 bridgehead atoms. The van der Waals surface area contributed by atoms with Crippen LogP contribution in [0.5, 0.6) is 0 Å². The fourth-order valence-corrected chi connectivity index (χ4v) is 2.64. The van der Waals surface area contributed by atoms with Gasteiger partial charge in [-0.15, -0.1) is 0 Å². The van der Waals surface area contributed by atoms with Gasteiger partial charge in [-0.1, -0.05) is 13.8 Å². The molecule has 118 valence electrons. The van der Waals surface area contributed by atoms with Crippen LogP contribution in [0.1, 0.15) is 33.1 Å². The lowest BCUT2D eigenvalue weighted by molar-refractivity contribution is -0.132. The highest BCUT2D eigenvalue weighted by molar-refractivity contribution is 5.76. The van der Waals surface area contributed by atoms with E-state index in [1.807, 2.05) is 4.90 Å². The third kappa shape index (κ3) is 6.20. The van der Waals surface area contributed by atoms with Gasteiger partial charge in [0.15, 0.2) is 0 Å². The Morgan fingerprint density at radius 1 is 1.25 bits per heavy atom. The molecular weight excluding hydrogens is 254 g/mol. The van der Waals surface area contributed by atoms with Crippen molar-refractivity contribution in [2.75, 3.05) is 53.0 Å². The lowest BCUT2D eigenvalue weighted by Crippen LogP contribution is -2.42. The standard InChI is InChI=1S/C15H31N3O2/c1-4-17(5-2)9-10-18(11-12-20-3)15(19)13-14-7-6-8-16-14/h14,16H,4-13H2,1-3H3. The van der Waals surface area contributed by atoms with Crippen LogP contribution in [0.2, 0.25) is 0 Å². The molecule has 1 atom stereocenters. The average molecular weight is 285 g/mol. The second-order valence-corrected chi connectivity index (χ2v) is 5.40. The maximum absolute atomic E-state index is 12.4. The summed E-state index contributed by atoms with van der Waals surface area (Å²) in [6, 6.07) is 0.376. The Kier molecular flexibility index (Phi) is 8.82. The molecule has 0 aliphatic carbocycles. The van der Waals surface area contributed by atoms with Crippen LogP contribution in [0, 0.1) is 0 Å². The summed E-state index contributed by atoms with van der Waals surface area (Å²) in [5.74, 6) is 0.258. The third-order valence-electron chi connectivity index (χ3n) is 4.08. The summed E-state index contributed by atoms with van der Waals surface area (Å²) in [7, 11) is 1.69. The predicted octanol–water partition coefficient (Wildman–Crippen LogP) is 0.945. The van der Waals surface area contributed by atoms with Gasteiger partial charge in [0.25, 0.3) is 0 Å². The highest BCUT2D eigenvalue weighted by atomic mass is 16.5. The minimum absolute atomic E-state index is 0.258. The molecule has 0 aromatic carbocycles. The summed E-state index contributed by atoms with van der Waals surface area (Å²) in [6.45, 7) is 10.5. The molecule has 1 rings (SSSR count). The quantitative estimate of drug-likeness (QED) is 0.649. The van der Waals surface area contributed by atoms with Gasteiger partial charge in [-0.2, -0.15) is 0 Å². The summed E-state index contributed by atoms with van der Waals surface area (Å²) >= 11 is 0. The van der Waals surface area contributed by atoms with Crippen LogP contribution in [0.4, 0.5) is 0 Å². The van der Waals surface area contributed by atoms with E-state index in [2.05, 4.69) is 24.1 Å². The Labute approximate surface area is 123 Å². The number of amides is 1. The van der Waals surface area contributed by atoms with Crippen LogP contribution < -0.4 is 5.32 Å². The van der Waals surface area contributed by atoms with Crippen LogP contribution in [0.3, 0.4) is 0 Å². The molecule has 0 spiro atoms. The summed E-state index contributed by atoms with van der Waals surface area (Å²) in [5.41, 5.74) is 0.